The molecule has 0 N–H and O–H groups in total. The Bertz CT molecular complexity index is 1270. The second-order valence-corrected chi connectivity index (χ2v) is 46.6. The average molecular weight is 1260 g/mol. The van der Waals surface area contributed by atoms with Gasteiger partial charge in [0.1, 0.15) is 10.5 Å². The normalized spacial score (nSPS) is 15.7. The van der Waals surface area contributed by atoms with Gasteiger partial charge in [0.15, 0.2) is 0 Å². The molecule has 0 saturated carbocycles. The van der Waals surface area contributed by atoms with E-state index in [9.17, 15) is 0 Å². The van der Waals surface area contributed by atoms with E-state index in [1.807, 2.05) is 34.6 Å². The SMILES string of the molecule is CCC[Si](O[SiH](OC)OC)(O[Si](CCC)(O[Si](CCC)(O[Si](OC)(OC)OC)O[Si](OC)(OC)OC)O[Si](CCC)(O[Si](OC)(OC)OC)O[Si](OC)(OC)OC)O[Si](CCC)(O[SiH3])O[Si](OC)(OC)OC. The van der Waals surface area contributed by atoms with Gasteiger partial charge in [-0.2, -0.15) is 0 Å². The Morgan fingerprint density at radius 2 is 0.444 bits per heavy atom. The average Bonchev–Trinajstić information content (AvgIpc) is 3.39. The molecule has 0 aliphatic heterocycles. The lowest BCUT2D eigenvalue weighted by Crippen LogP contribution is -2.75. The molecule has 0 spiro atoms. The standard InChI is InChI=1S/C32H90O28Si12/c1-23-28-63(50-61,56-68(35-8,36-9)37-10)52-64(29-24-2,51-62(33-6)34-7)53-65(30-25-3,54-66(31-26-4,57-69(38-11,39-12)40-13)58-70(41-14,42-15)43-16)55-67(32-27-5,59-71(44-17,45-18)46-19)60-72(47-20,48-21)49-22/h62H,23-32H2,1-22,61H3. The van der Waals surface area contributed by atoms with E-state index in [0.717, 1.165) is 0 Å². The van der Waals surface area contributed by atoms with E-state index in [1.165, 1.54) is 121 Å². The molecular formula is C32H90O28Si12. The van der Waals surface area contributed by atoms with Gasteiger partial charge in [0.05, 0.1) is 0 Å². The van der Waals surface area contributed by atoms with Gasteiger partial charge in [-0.25, -0.2) is 0 Å². The van der Waals surface area contributed by atoms with Crippen LogP contribution in [0, 0.1) is 0 Å². The smallest absolute Gasteiger partial charge is 0.425 e. The third-order valence-electron chi connectivity index (χ3n) is 10.1. The molecule has 0 rings (SSSR count). The van der Waals surface area contributed by atoms with Crippen LogP contribution in [0.4, 0.5) is 0 Å². The number of hydrogen-bond acceptors (Lipinski definition) is 28. The molecule has 0 radical (unpaired) electrons. The van der Waals surface area contributed by atoms with Crippen LogP contribution >= 0.6 is 0 Å². The summed E-state index contributed by atoms with van der Waals surface area (Å²) in [6.07, 6.45) is 1.78. The highest BCUT2D eigenvalue weighted by atomic mass is 28.6. The van der Waals surface area contributed by atoms with Crippen LogP contribution in [-0.2, 0) is 121 Å². The molecule has 0 aromatic carbocycles. The second-order valence-electron chi connectivity index (χ2n) is 14.7. The summed E-state index contributed by atoms with van der Waals surface area (Å²) in [5.74, 6) is 0. The van der Waals surface area contributed by atoms with Gasteiger partial charge in [0.25, 0.3) is 0 Å². The topological polar surface area (TPSA) is 258 Å². The first-order valence-electron chi connectivity index (χ1n) is 23.0. The monoisotopic (exact) mass is 1260 g/mol. The van der Waals surface area contributed by atoms with Gasteiger partial charge in [0, 0.05) is 151 Å². The summed E-state index contributed by atoms with van der Waals surface area (Å²) in [5, 5.41) is 0. The fourth-order valence-corrected chi connectivity index (χ4v) is 50.7. The molecule has 0 aromatic heterocycles. The van der Waals surface area contributed by atoms with Crippen LogP contribution in [0.3, 0.4) is 0 Å². The zero-order valence-electron chi connectivity index (χ0n) is 47.1. The molecule has 0 aromatic rings. The molecule has 0 amide bonds. The quantitative estimate of drug-likeness (QED) is 0.0790. The van der Waals surface area contributed by atoms with Crippen LogP contribution in [0.25, 0.3) is 0 Å². The maximum absolute atomic E-state index is 7.79. The Balaban J connectivity index is 10.0. The van der Waals surface area contributed by atoms with Crippen molar-refractivity contribution in [3.05, 3.63) is 0 Å². The van der Waals surface area contributed by atoms with Crippen molar-refractivity contribution >= 4 is 109 Å². The van der Waals surface area contributed by atoms with E-state index in [1.54, 1.807) is 0 Å². The van der Waals surface area contributed by atoms with E-state index in [0.29, 0.717) is 25.7 Å². The summed E-state index contributed by atoms with van der Waals surface area (Å²) in [4.78, 5) is 0. The van der Waals surface area contributed by atoms with E-state index in [4.69, 9.17) is 121 Å². The van der Waals surface area contributed by atoms with Gasteiger partial charge in [-0.1, -0.05) is 66.7 Å². The van der Waals surface area contributed by atoms with Crippen molar-refractivity contribution in [2.24, 2.45) is 0 Å². The van der Waals surface area contributed by atoms with Gasteiger partial charge in [-0.3, -0.25) is 0 Å². The highest BCUT2D eigenvalue weighted by Crippen LogP contribution is 2.42. The maximum atomic E-state index is 7.79. The Hall–Kier alpha value is 1.48. The first-order valence-corrected chi connectivity index (χ1v) is 43.1. The lowest BCUT2D eigenvalue weighted by atomic mass is 10.6. The van der Waals surface area contributed by atoms with Crippen LogP contribution in [0.5, 0.6) is 0 Å². The minimum atomic E-state index is -5.07. The van der Waals surface area contributed by atoms with Crippen LogP contribution in [0.1, 0.15) is 66.7 Å². The van der Waals surface area contributed by atoms with Crippen LogP contribution in [0.2, 0.25) is 30.2 Å². The molecule has 0 fully saturated rings. The molecule has 0 heterocycles. The molecule has 28 nitrogen and oxygen atoms in total. The van der Waals surface area contributed by atoms with Crippen molar-refractivity contribution in [1.29, 1.82) is 0 Å². The van der Waals surface area contributed by atoms with E-state index < -0.39 is 98.8 Å². The lowest BCUT2D eigenvalue weighted by molar-refractivity contribution is -0.0172. The summed E-state index contributed by atoms with van der Waals surface area (Å²) in [7, 11) is -24.3. The fourth-order valence-electron chi connectivity index (χ4n) is 6.83. The number of hydrogen-bond donors (Lipinski definition) is 0. The third-order valence-corrected chi connectivity index (χ3v) is 49.8. The molecule has 434 valence electrons. The van der Waals surface area contributed by atoms with Crippen molar-refractivity contribution in [2.75, 3.05) is 121 Å². The van der Waals surface area contributed by atoms with Crippen molar-refractivity contribution < 1.29 is 121 Å². The molecular weight excluding hydrogens is 1170 g/mol. The maximum Gasteiger partial charge on any atom is 0.671 e. The Morgan fingerprint density at radius 3 is 0.653 bits per heavy atom. The first kappa shape index (κ1) is 73.5. The summed E-state index contributed by atoms with van der Waals surface area (Å²) < 4.78 is 179. The summed E-state index contributed by atoms with van der Waals surface area (Å²) in [5.41, 5.74) is 0. The van der Waals surface area contributed by atoms with Crippen LogP contribution in [0.15, 0.2) is 0 Å². The summed E-state index contributed by atoms with van der Waals surface area (Å²) >= 11 is 0. The molecule has 0 aliphatic carbocycles. The van der Waals surface area contributed by atoms with Gasteiger partial charge in [0.2, 0.25) is 0 Å². The van der Waals surface area contributed by atoms with Gasteiger partial charge in [-0.15, -0.1) is 0 Å². The molecule has 2 unspecified atom stereocenters. The highest BCUT2D eigenvalue weighted by Gasteiger charge is 2.72. The summed E-state index contributed by atoms with van der Waals surface area (Å²) in [6.45, 7) is 9.47. The summed E-state index contributed by atoms with van der Waals surface area (Å²) in [6, 6.07) is 0.0894. The zero-order valence-corrected chi connectivity index (χ0v) is 60.2. The molecule has 0 saturated heterocycles. The molecule has 72 heavy (non-hydrogen) atoms. The van der Waals surface area contributed by atoms with E-state index in [-0.39, 0.29) is 47.1 Å². The zero-order chi connectivity index (χ0) is 55.4. The number of rotatable bonds is 48. The van der Waals surface area contributed by atoms with Gasteiger partial charge < -0.3 is 121 Å². The lowest BCUT2D eigenvalue weighted by Gasteiger charge is -2.49. The largest absolute Gasteiger partial charge is 0.671 e. The second kappa shape index (κ2) is 35.3. The Labute approximate surface area is 445 Å². The molecule has 2 atom stereocenters. The van der Waals surface area contributed by atoms with Crippen molar-refractivity contribution in [1.82, 2.24) is 0 Å². The van der Waals surface area contributed by atoms with Crippen molar-refractivity contribution in [3.8, 4) is 0 Å². The molecule has 40 heteroatoms. The predicted molar refractivity (Wildman–Crippen MR) is 281 cm³/mol. The van der Waals surface area contributed by atoms with Crippen molar-refractivity contribution in [2.45, 2.75) is 96.9 Å². The highest BCUT2D eigenvalue weighted by molar-refractivity contribution is 6.92. The van der Waals surface area contributed by atoms with E-state index in [2.05, 4.69) is 0 Å². The minimum absolute atomic E-state index is 0.0276. The molecule has 0 aliphatic rings. The Kier molecular flexibility index (Phi) is 36.0. The van der Waals surface area contributed by atoms with Gasteiger partial charge >= 0.3 is 98.8 Å². The van der Waals surface area contributed by atoms with Crippen LogP contribution in [-0.4, -0.2) is 230 Å². The third kappa shape index (κ3) is 20.2. The molecule has 0 bridgehead atoms. The Morgan fingerprint density at radius 1 is 0.264 bits per heavy atom. The fraction of sp³-hybridized carbons (Fsp3) is 1.00. The van der Waals surface area contributed by atoms with Gasteiger partial charge in [-0.05, 0) is 0 Å². The predicted octanol–water partition coefficient (Wildman–Crippen LogP) is 2.08. The van der Waals surface area contributed by atoms with Crippen molar-refractivity contribution in [3.63, 3.8) is 0 Å². The van der Waals surface area contributed by atoms with Crippen LogP contribution < -0.4 is 0 Å². The minimum Gasteiger partial charge on any atom is -0.425 e. The first-order chi connectivity index (χ1) is 34.1. The van der Waals surface area contributed by atoms with E-state index >= 15 is 0 Å².